The Kier molecular flexibility index (Phi) is 5.00. The zero-order valence-corrected chi connectivity index (χ0v) is 26.9. The molecule has 0 saturated carbocycles. The SMILES string of the molecule is c1cnc2c(-c3ccc4c(c3)c3cc5c(cc6c7cc(-c8cccc9cccnc89)ccc7c7cccc5c76)c5cccc4c53)cccc2c1. The van der Waals surface area contributed by atoms with E-state index < -0.39 is 0 Å². The summed E-state index contributed by atoms with van der Waals surface area (Å²) in [6.45, 7) is 0. The monoisotopic (exact) mass is 630 g/mol. The second-order valence-electron chi connectivity index (χ2n) is 13.7. The van der Waals surface area contributed by atoms with Gasteiger partial charge in [-0.15, -0.1) is 0 Å². The van der Waals surface area contributed by atoms with Gasteiger partial charge in [-0.2, -0.15) is 0 Å². The van der Waals surface area contributed by atoms with Crippen LogP contribution in [0.15, 0.2) is 158 Å². The van der Waals surface area contributed by atoms with Crippen LogP contribution < -0.4 is 0 Å². The summed E-state index contributed by atoms with van der Waals surface area (Å²) < 4.78 is 0. The molecule has 0 unspecified atom stereocenters. The molecule has 2 aromatic heterocycles. The molecule has 0 bridgehead atoms. The van der Waals surface area contributed by atoms with Crippen LogP contribution in [0.2, 0.25) is 0 Å². The third-order valence-corrected chi connectivity index (χ3v) is 11.2. The number of para-hydroxylation sites is 2. The summed E-state index contributed by atoms with van der Waals surface area (Å²) in [7, 11) is 0. The van der Waals surface area contributed by atoms with E-state index in [1.165, 1.54) is 97.7 Å². The minimum Gasteiger partial charge on any atom is -0.256 e. The summed E-state index contributed by atoms with van der Waals surface area (Å²) in [5.74, 6) is 0. The number of benzene rings is 8. The lowest BCUT2D eigenvalue weighted by Crippen LogP contribution is -1.84. The lowest BCUT2D eigenvalue weighted by Gasteiger charge is -2.10. The molecular formula is C48H26N2. The lowest BCUT2D eigenvalue weighted by molar-refractivity contribution is 1.41. The third-order valence-electron chi connectivity index (χ3n) is 11.2. The molecule has 0 fully saturated rings. The van der Waals surface area contributed by atoms with Crippen molar-refractivity contribution >= 4 is 97.2 Å². The lowest BCUT2D eigenvalue weighted by atomic mass is 9.93. The van der Waals surface area contributed by atoms with Gasteiger partial charge in [0.05, 0.1) is 11.0 Å². The van der Waals surface area contributed by atoms with Crippen molar-refractivity contribution in [1.82, 2.24) is 9.97 Å². The molecule has 228 valence electrons. The van der Waals surface area contributed by atoms with E-state index in [9.17, 15) is 0 Å². The van der Waals surface area contributed by atoms with E-state index >= 15 is 0 Å². The van der Waals surface area contributed by atoms with Crippen molar-refractivity contribution < 1.29 is 0 Å². The molecule has 0 aliphatic heterocycles. The van der Waals surface area contributed by atoms with Gasteiger partial charge in [-0.1, -0.05) is 109 Å². The zero-order valence-electron chi connectivity index (χ0n) is 26.9. The average Bonchev–Trinajstić information content (AvgIpc) is 3.67. The maximum Gasteiger partial charge on any atom is 0.0780 e. The summed E-state index contributed by atoms with van der Waals surface area (Å²) in [4.78, 5) is 9.55. The van der Waals surface area contributed by atoms with E-state index in [0.29, 0.717) is 0 Å². The van der Waals surface area contributed by atoms with Crippen molar-refractivity contribution in [2.75, 3.05) is 0 Å². The molecule has 12 rings (SSSR count). The minimum atomic E-state index is 1.04. The molecule has 0 atom stereocenters. The number of hydrogen-bond donors (Lipinski definition) is 0. The largest absolute Gasteiger partial charge is 0.256 e. The molecular weight excluding hydrogens is 605 g/mol. The number of hydrogen-bond acceptors (Lipinski definition) is 2. The summed E-state index contributed by atoms with van der Waals surface area (Å²) in [6, 6.07) is 53.8. The molecule has 12 aromatic rings. The minimum absolute atomic E-state index is 1.04. The predicted molar refractivity (Wildman–Crippen MR) is 213 cm³/mol. The van der Waals surface area contributed by atoms with Gasteiger partial charge in [0.25, 0.3) is 0 Å². The number of pyridine rings is 2. The van der Waals surface area contributed by atoms with Gasteiger partial charge in [0.2, 0.25) is 0 Å². The van der Waals surface area contributed by atoms with Gasteiger partial charge < -0.3 is 0 Å². The van der Waals surface area contributed by atoms with E-state index in [2.05, 4.69) is 133 Å². The van der Waals surface area contributed by atoms with Crippen molar-refractivity contribution in [2.45, 2.75) is 0 Å². The summed E-state index contributed by atoms with van der Waals surface area (Å²) >= 11 is 0. The molecule has 50 heavy (non-hydrogen) atoms. The fourth-order valence-electron chi connectivity index (χ4n) is 9.06. The fraction of sp³-hybridized carbons (Fsp3) is 0. The van der Waals surface area contributed by atoms with Crippen LogP contribution in [0.25, 0.3) is 119 Å². The van der Waals surface area contributed by atoms with Gasteiger partial charge in [0.15, 0.2) is 0 Å². The van der Waals surface area contributed by atoms with E-state index in [1.54, 1.807) is 0 Å². The van der Waals surface area contributed by atoms with Gasteiger partial charge in [-0.25, -0.2) is 0 Å². The van der Waals surface area contributed by atoms with Crippen LogP contribution in [0.5, 0.6) is 0 Å². The van der Waals surface area contributed by atoms with E-state index in [1.807, 2.05) is 24.5 Å². The molecule has 0 saturated heterocycles. The molecule has 0 spiro atoms. The number of nitrogens with zero attached hydrogens (tertiary/aromatic N) is 2. The molecule has 2 heteroatoms. The van der Waals surface area contributed by atoms with Gasteiger partial charge in [-0.05, 0) is 123 Å². The highest BCUT2D eigenvalue weighted by Gasteiger charge is 2.20. The van der Waals surface area contributed by atoms with Crippen molar-refractivity contribution in [2.24, 2.45) is 0 Å². The standard InChI is InChI=1S/C48H26N2/c1-7-27-9-5-21-49-47(27)31(11-1)29-17-19-33-35-13-3-15-37-42-26-44-40-24-30(32-12-2-8-28-10-6-22-50-48(28)32)18-20-34(40)36-14-4-16-38(46(36)44)41(42)25-43(45(35)37)39(33)23-29/h1-26H. The zero-order chi connectivity index (χ0) is 32.5. The van der Waals surface area contributed by atoms with Gasteiger partial charge in [0, 0.05) is 34.3 Å². The summed E-state index contributed by atoms with van der Waals surface area (Å²) in [5, 5.41) is 20.7. The normalized spacial score (nSPS) is 12.4. The molecule has 0 radical (unpaired) electrons. The highest BCUT2D eigenvalue weighted by atomic mass is 14.7. The van der Waals surface area contributed by atoms with E-state index in [-0.39, 0.29) is 0 Å². The maximum atomic E-state index is 4.78. The topological polar surface area (TPSA) is 25.8 Å². The molecule has 2 nitrogen and oxygen atoms in total. The Hall–Kier alpha value is -6.64. The molecule has 0 aliphatic carbocycles. The van der Waals surface area contributed by atoms with Crippen LogP contribution in [-0.4, -0.2) is 9.97 Å². The van der Waals surface area contributed by atoms with Crippen molar-refractivity contribution in [3.63, 3.8) is 0 Å². The Morgan fingerprint density at radius 1 is 0.280 bits per heavy atom. The first-order chi connectivity index (χ1) is 24.8. The van der Waals surface area contributed by atoms with Crippen LogP contribution in [-0.2, 0) is 0 Å². The Labute approximate surface area is 286 Å². The quantitative estimate of drug-likeness (QED) is 0.178. The van der Waals surface area contributed by atoms with Crippen molar-refractivity contribution in [3.8, 4) is 22.3 Å². The Morgan fingerprint density at radius 3 is 1.16 bits per heavy atom. The van der Waals surface area contributed by atoms with Crippen molar-refractivity contribution in [1.29, 1.82) is 0 Å². The van der Waals surface area contributed by atoms with Crippen LogP contribution in [0.3, 0.4) is 0 Å². The van der Waals surface area contributed by atoms with Crippen LogP contribution in [0, 0.1) is 0 Å². The second-order valence-corrected chi connectivity index (χ2v) is 13.7. The summed E-state index contributed by atoms with van der Waals surface area (Å²) in [6.07, 6.45) is 3.78. The second kappa shape index (κ2) is 9.49. The molecule has 0 N–H and O–H groups in total. The first-order valence-corrected chi connectivity index (χ1v) is 17.2. The number of aromatic nitrogens is 2. The van der Waals surface area contributed by atoms with E-state index in [4.69, 9.17) is 9.97 Å². The van der Waals surface area contributed by atoms with Crippen molar-refractivity contribution in [3.05, 3.63) is 158 Å². The number of rotatable bonds is 2. The van der Waals surface area contributed by atoms with Gasteiger partial charge in [0.1, 0.15) is 0 Å². The highest BCUT2D eigenvalue weighted by molar-refractivity contribution is 6.41. The smallest absolute Gasteiger partial charge is 0.0780 e. The molecule has 0 aliphatic rings. The molecule has 2 heterocycles. The Balaban J connectivity index is 1.17. The summed E-state index contributed by atoms with van der Waals surface area (Å²) in [5.41, 5.74) is 6.81. The third kappa shape index (κ3) is 3.37. The van der Waals surface area contributed by atoms with Gasteiger partial charge >= 0.3 is 0 Å². The average molecular weight is 631 g/mol. The first kappa shape index (κ1) is 26.3. The maximum absolute atomic E-state index is 4.78. The highest BCUT2D eigenvalue weighted by Crippen LogP contribution is 2.48. The van der Waals surface area contributed by atoms with Crippen LogP contribution in [0.4, 0.5) is 0 Å². The van der Waals surface area contributed by atoms with Crippen LogP contribution >= 0.6 is 0 Å². The van der Waals surface area contributed by atoms with E-state index in [0.717, 1.165) is 21.8 Å². The van der Waals surface area contributed by atoms with Crippen LogP contribution in [0.1, 0.15) is 0 Å². The molecule has 10 aromatic carbocycles. The number of fused-ring (bicyclic) bond motifs is 11. The Bertz CT molecular complexity index is 3140. The predicted octanol–water partition coefficient (Wildman–Crippen LogP) is 13.1. The first-order valence-electron chi connectivity index (χ1n) is 17.2. The fourth-order valence-corrected chi connectivity index (χ4v) is 9.06. The molecule has 0 amide bonds. The van der Waals surface area contributed by atoms with Gasteiger partial charge in [-0.3, -0.25) is 9.97 Å². The Morgan fingerprint density at radius 2 is 0.680 bits per heavy atom.